The van der Waals surface area contributed by atoms with E-state index in [0.29, 0.717) is 25.5 Å². The summed E-state index contributed by atoms with van der Waals surface area (Å²) in [5.41, 5.74) is 6.71. The summed E-state index contributed by atoms with van der Waals surface area (Å²) < 4.78 is 5.56. The average Bonchev–Trinajstić information content (AvgIpc) is 2.45. The van der Waals surface area contributed by atoms with E-state index in [1.165, 1.54) is 0 Å². The van der Waals surface area contributed by atoms with Crippen molar-refractivity contribution >= 4 is 18.3 Å². The van der Waals surface area contributed by atoms with E-state index in [2.05, 4.69) is 10.3 Å². The standard InChI is InChI=1S/C15H26N4O2.ClH/c1-4-5-13(16)15(20)18-11-12-6-7-17-14(10-12)21-9-8-19(2)3;/h6-7,10,13H,4-5,8-9,11,16H2,1-3H3,(H,18,20);1H. The van der Waals surface area contributed by atoms with Crippen molar-refractivity contribution < 1.29 is 9.53 Å². The molecule has 0 saturated heterocycles. The van der Waals surface area contributed by atoms with Crippen molar-refractivity contribution in [1.29, 1.82) is 0 Å². The molecular weight excluding hydrogens is 304 g/mol. The minimum absolute atomic E-state index is 0. The van der Waals surface area contributed by atoms with Gasteiger partial charge in [0.25, 0.3) is 0 Å². The highest BCUT2D eigenvalue weighted by Crippen LogP contribution is 2.09. The van der Waals surface area contributed by atoms with Crippen molar-refractivity contribution in [2.45, 2.75) is 32.4 Å². The van der Waals surface area contributed by atoms with Crippen molar-refractivity contribution in [2.75, 3.05) is 27.2 Å². The van der Waals surface area contributed by atoms with E-state index >= 15 is 0 Å². The van der Waals surface area contributed by atoms with Gasteiger partial charge >= 0.3 is 0 Å². The second-order valence-corrected chi connectivity index (χ2v) is 5.27. The van der Waals surface area contributed by atoms with Crippen molar-refractivity contribution in [1.82, 2.24) is 15.2 Å². The summed E-state index contributed by atoms with van der Waals surface area (Å²) in [5, 5.41) is 2.83. The van der Waals surface area contributed by atoms with Crippen LogP contribution in [0.1, 0.15) is 25.3 Å². The predicted molar refractivity (Wildman–Crippen MR) is 90.3 cm³/mol. The molecule has 1 rings (SSSR count). The molecule has 1 heterocycles. The molecule has 1 unspecified atom stereocenters. The van der Waals surface area contributed by atoms with Gasteiger partial charge in [0.1, 0.15) is 6.61 Å². The molecule has 3 N–H and O–H groups in total. The van der Waals surface area contributed by atoms with E-state index < -0.39 is 6.04 Å². The summed E-state index contributed by atoms with van der Waals surface area (Å²) in [4.78, 5) is 17.9. The molecule has 0 aliphatic carbocycles. The zero-order chi connectivity index (χ0) is 15.7. The Kier molecular flexibility index (Phi) is 10.5. The maximum Gasteiger partial charge on any atom is 0.237 e. The van der Waals surface area contributed by atoms with Crippen LogP contribution in [0.15, 0.2) is 18.3 Å². The van der Waals surface area contributed by atoms with E-state index in [9.17, 15) is 4.79 Å². The Hall–Kier alpha value is -1.37. The van der Waals surface area contributed by atoms with Gasteiger partial charge in [0.05, 0.1) is 6.04 Å². The van der Waals surface area contributed by atoms with Gasteiger partial charge in [0.2, 0.25) is 11.8 Å². The molecule has 0 fully saturated rings. The van der Waals surface area contributed by atoms with Gasteiger partial charge in [-0.3, -0.25) is 4.79 Å². The van der Waals surface area contributed by atoms with Crippen LogP contribution in [-0.4, -0.2) is 49.1 Å². The topological polar surface area (TPSA) is 80.5 Å². The predicted octanol–water partition coefficient (Wildman–Crippen LogP) is 1.19. The third-order valence-corrected chi connectivity index (χ3v) is 2.99. The molecular formula is C15H27ClN4O2. The lowest BCUT2D eigenvalue weighted by atomic mass is 10.1. The van der Waals surface area contributed by atoms with E-state index in [4.69, 9.17) is 10.5 Å². The molecule has 1 amide bonds. The highest BCUT2D eigenvalue weighted by atomic mass is 35.5. The Morgan fingerprint density at radius 2 is 2.23 bits per heavy atom. The molecule has 0 spiro atoms. The molecule has 7 heteroatoms. The number of hydrogen-bond acceptors (Lipinski definition) is 5. The largest absolute Gasteiger partial charge is 0.476 e. The molecule has 1 atom stereocenters. The molecule has 0 saturated carbocycles. The molecule has 126 valence electrons. The number of halogens is 1. The molecule has 0 aliphatic rings. The minimum Gasteiger partial charge on any atom is -0.476 e. The van der Waals surface area contributed by atoms with Gasteiger partial charge in [-0.1, -0.05) is 13.3 Å². The molecule has 1 aromatic rings. The summed E-state index contributed by atoms with van der Waals surface area (Å²) in [5.74, 6) is 0.449. The second kappa shape index (κ2) is 11.2. The summed E-state index contributed by atoms with van der Waals surface area (Å²) in [6, 6.07) is 3.25. The van der Waals surface area contributed by atoms with Crippen LogP contribution in [0.5, 0.6) is 5.88 Å². The van der Waals surface area contributed by atoms with Crippen LogP contribution in [0.3, 0.4) is 0 Å². The quantitative estimate of drug-likeness (QED) is 0.711. The first kappa shape index (κ1) is 20.6. The molecule has 0 radical (unpaired) electrons. The summed E-state index contributed by atoms with van der Waals surface area (Å²) in [7, 11) is 3.98. The third-order valence-electron chi connectivity index (χ3n) is 2.99. The monoisotopic (exact) mass is 330 g/mol. The molecule has 22 heavy (non-hydrogen) atoms. The Morgan fingerprint density at radius 1 is 1.50 bits per heavy atom. The molecule has 0 bridgehead atoms. The van der Waals surface area contributed by atoms with Gasteiger partial charge in [-0.15, -0.1) is 12.4 Å². The lowest BCUT2D eigenvalue weighted by Gasteiger charge is -2.12. The minimum atomic E-state index is -0.437. The molecule has 0 aliphatic heterocycles. The zero-order valence-corrected chi connectivity index (χ0v) is 14.4. The van der Waals surface area contributed by atoms with Crippen LogP contribution in [0.25, 0.3) is 0 Å². The Labute approximate surface area is 138 Å². The Morgan fingerprint density at radius 3 is 2.86 bits per heavy atom. The number of pyridine rings is 1. The number of carbonyl (C=O) groups is 1. The van der Waals surface area contributed by atoms with E-state index in [-0.39, 0.29) is 18.3 Å². The number of carbonyl (C=O) groups excluding carboxylic acids is 1. The summed E-state index contributed by atoms with van der Waals surface area (Å²) >= 11 is 0. The summed E-state index contributed by atoms with van der Waals surface area (Å²) in [6.45, 7) is 3.85. The third kappa shape index (κ3) is 8.17. The van der Waals surface area contributed by atoms with Crippen molar-refractivity contribution in [3.05, 3.63) is 23.9 Å². The Balaban J connectivity index is 0.00000441. The van der Waals surface area contributed by atoms with Gasteiger partial charge in [-0.25, -0.2) is 4.98 Å². The maximum absolute atomic E-state index is 11.7. The van der Waals surface area contributed by atoms with Crippen molar-refractivity contribution in [3.63, 3.8) is 0 Å². The number of hydrogen-bond donors (Lipinski definition) is 2. The van der Waals surface area contributed by atoms with Crippen LogP contribution >= 0.6 is 12.4 Å². The average molecular weight is 331 g/mol. The van der Waals surface area contributed by atoms with Crippen LogP contribution in [0.2, 0.25) is 0 Å². The first-order chi connectivity index (χ1) is 10.0. The normalized spacial score (nSPS) is 11.7. The van der Waals surface area contributed by atoms with Crippen LogP contribution in [0.4, 0.5) is 0 Å². The number of ether oxygens (including phenoxy) is 1. The van der Waals surface area contributed by atoms with Gasteiger partial charge < -0.3 is 20.7 Å². The molecule has 0 aromatic carbocycles. The summed E-state index contributed by atoms with van der Waals surface area (Å²) in [6.07, 6.45) is 3.27. The zero-order valence-electron chi connectivity index (χ0n) is 13.5. The number of rotatable bonds is 9. The highest BCUT2D eigenvalue weighted by molar-refractivity contribution is 5.85. The van der Waals surface area contributed by atoms with Gasteiger partial charge in [0, 0.05) is 25.4 Å². The first-order valence-electron chi connectivity index (χ1n) is 7.28. The number of nitrogens with zero attached hydrogens (tertiary/aromatic N) is 2. The molecule has 6 nitrogen and oxygen atoms in total. The van der Waals surface area contributed by atoms with E-state index in [1.807, 2.05) is 38.1 Å². The fourth-order valence-corrected chi connectivity index (χ4v) is 1.73. The van der Waals surface area contributed by atoms with Crippen LogP contribution < -0.4 is 15.8 Å². The fraction of sp³-hybridized carbons (Fsp3) is 0.600. The highest BCUT2D eigenvalue weighted by Gasteiger charge is 2.11. The van der Waals surface area contributed by atoms with Crippen molar-refractivity contribution in [2.24, 2.45) is 5.73 Å². The van der Waals surface area contributed by atoms with E-state index in [1.54, 1.807) is 6.20 Å². The van der Waals surface area contributed by atoms with E-state index in [0.717, 1.165) is 18.5 Å². The van der Waals surface area contributed by atoms with Crippen LogP contribution in [0, 0.1) is 0 Å². The smallest absolute Gasteiger partial charge is 0.237 e. The SMILES string of the molecule is CCCC(N)C(=O)NCc1ccnc(OCCN(C)C)c1.Cl. The number of aromatic nitrogens is 1. The maximum atomic E-state index is 11.7. The first-order valence-corrected chi connectivity index (χ1v) is 7.28. The van der Waals surface area contributed by atoms with Gasteiger partial charge in [-0.2, -0.15) is 0 Å². The number of amides is 1. The number of likely N-dealkylation sites (N-methyl/N-ethyl adjacent to an activating group) is 1. The second-order valence-electron chi connectivity index (χ2n) is 5.27. The van der Waals surface area contributed by atoms with Crippen molar-refractivity contribution in [3.8, 4) is 5.88 Å². The number of nitrogens with two attached hydrogens (primary N) is 1. The Bertz CT molecular complexity index is 443. The number of nitrogens with one attached hydrogen (secondary N) is 1. The fourth-order valence-electron chi connectivity index (χ4n) is 1.73. The lowest BCUT2D eigenvalue weighted by Crippen LogP contribution is -2.40. The van der Waals surface area contributed by atoms with Crippen LogP contribution in [-0.2, 0) is 11.3 Å². The lowest BCUT2D eigenvalue weighted by molar-refractivity contribution is -0.122. The van der Waals surface area contributed by atoms with Gasteiger partial charge in [-0.05, 0) is 32.1 Å². The molecule has 1 aromatic heterocycles. The van der Waals surface area contributed by atoms with Gasteiger partial charge in [0.15, 0.2) is 0 Å².